The molecule has 0 unspecified atom stereocenters. The minimum absolute atomic E-state index is 0.0629. The predicted molar refractivity (Wildman–Crippen MR) is 76.9 cm³/mol. The van der Waals surface area contributed by atoms with Crippen LogP contribution in [0, 0.1) is 0 Å². The lowest BCUT2D eigenvalue weighted by atomic mass is 10.2. The quantitative estimate of drug-likeness (QED) is 0.824. The number of hydrogen-bond acceptors (Lipinski definition) is 4. The van der Waals surface area contributed by atoms with Crippen LogP contribution in [0.2, 0.25) is 0 Å². The van der Waals surface area contributed by atoms with Gasteiger partial charge < -0.3 is 0 Å². The third kappa shape index (κ3) is 2.09. The maximum atomic E-state index is 11.8. The van der Waals surface area contributed by atoms with E-state index in [1.807, 2.05) is 13.8 Å². The Kier molecular flexibility index (Phi) is 2.85. The molecule has 2 amide bonds. The molecule has 0 N–H and O–H groups in total. The van der Waals surface area contributed by atoms with E-state index in [-0.39, 0.29) is 11.8 Å². The van der Waals surface area contributed by atoms with Crippen LogP contribution in [-0.4, -0.2) is 23.2 Å². The second kappa shape index (κ2) is 4.56. The summed E-state index contributed by atoms with van der Waals surface area (Å²) in [6.45, 7) is 3.64. The van der Waals surface area contributed by atoms with Gasteiger partial charge in [0.05, 0.1) is 24.2 Å². The molecule has 6 heteroatoms. The van der Waals surface area contributed by atoms with Gasteiger partial charge in [-0.1, -0.05) is 6.07 Å². The van der Waals surface area contributed by atoms with Gasteiger partial charge in [-0.25, -0.2) is 10.0 Å². The molecule has 0 atom stereocenters. The van der Waals surface area contributed by atoms with Gasteiger partial charge in [0.1, 0.15) is 0 Å². The van der Waals surface area contributed by atoms with Gasteiger partial charge in [-0.15, -0.1) is 0 Å². The van der Waals surface area contributed by atoms with Crippen LogP contribution in [0.4, 0.5) is 11.4 Å². The lowest BCUT2D eigenvalue weighted by Gasteiger charge is -2.16. The Morgan fingerprint density at radius 1 is 0.900 bits per heavy atom. The van der Waals surface area contributed by atoms with Crippen molar-refractivity contribution in [2.24, 2.45) is 10.2 Å². The second-order valence-electron chi connectivity index (χ2n) is 4.96. The minimum Gasteiger partial charge on any atom is -0.272 e. The van der Waals surface area contributed by atoms with E-state index in [9.17, 15) is 9.59 Å². The number of hydrogen-bond donors (Lipinski definition) is 0. The number of rotatable bonds is 2. The normalized spacial score (nSPS) is 18.7. The molecule has 1 aromatic rings. The number of benzene rings is 1. The average Bonchev–Trinajstić information content (AvgIpc) is 2.91. The fraction of sp³-hybridized carbons (Fsp3) is 0.286. The van der Waals surface area contributed by atoms with Gasteiger partial charge in [-0.2, -0.15) is 10.2 Å². The Hall–Kier alpha value is -2.50. The van der Waals surface area contributed by atoms with E-state index in [0.29, 0.717) is 24.2 Å². The van der Waals surface area contributed by atoms with Gasteiger partial charge in [0, 0.05) is 11.4 Å². The Labute approximate surface area is 116 Å². The number of anilines is 2. The van der Waals surface area contributed by atoms with Gasteiger partial charge in [0.2, 0.25) is 0 Å². The van der Waals surface area contributed by atoms with Crippen molar-refractivity contribution in [1.82, 2.24) is 0 Å². The fourth-order valence-electron chi connectivity index (χ4n) is 2.27. The van der Waals surface area contributed by atoms with Crippen molar-refractivity contribution in [3.8, 4) is 0 Å². The first-order chi connectivity index (χ1) is 9.54. The summed E-state index contributed by atoms with van der Waals surface area (Å²) in [5.74, 6) is -0.126. The Morgan fingerprint density at radius 2 is 1.35 bits per heavy atom. The highest BCUT2D eigenvalue weighted by Gasteiger charge is 2.26. The predicted octanol–water partition coefficient (Wildman–Crippen LogP) is 1.91. The first kappa shape index (κ1) is 12.5. The third-order valence-electron chi connectivity index (χ3n) is 3.15. The van der Waals surface area contributed by atoms with Gasteiger partial charge in [-0.3, -0.25) is 9.59 Å². The summed E-state index contributed by atoms with van der Waals surface area (Å²) >= 11 is 0. The zero-order valence-electron chi connectivity index (χ0n) is 11.3. The number of hydrazone groups is 2. The zero-order chi connectivity index (χ0) is 14.3. The van der Waals surface area contributed by atoms with Crippen molar-refractivity contribution >= 4 is 34.6 Å². The summed E-state index contributed by atoms with van der Waals surface area (Å²) in [4.78, 5) is 23.7. The van der Waals surface area contributed by atoms with Crippen molar-refractivity contribution in [2.45, 2.75) is 26.7 Å². The van der Waals surface area contributed by atoms with Crippen LogP contribution < -0.4 is 10.0 Å². The standard InChI is InChI=1S/C14H14N4O2/c1-9-6-13(19)17(15-9)11-4-3-5-12(8-11)18-14(20)7-10(2)16-18/h3-5,8H,6-7H2,1-2H3. The Morgan fingerprint density at radius 3 is 1.70 bits per heavy atom. The van der Waals surface area contributed by atoms with Gasteiger partial charge in [0.25, 0.3) is 11.8 Å². The van der Waals surface area contributed by atoms with E-state index in [0.717, 1.165) is 11.4 Å². The molecule has 0 aromatic heterocycles. The molecular weight excluding hydrogens is 256 g/mol. The lowest BCUT2D eigenvalue weighted by molar-refractivity contribution is -0.117. The van der Waals surface area contributed by atoms with Crippen LogP contribution in [0.25, 0.3) is 0 Å². The van der Waals surface area contributed by atoms with Crippen LogP contribution in [-0.2, 0) is 9.59 Å². The fourth-order valence-corrected chi connectivity index (χ4v) is 2.27. The first-order valence-corrected chi connectivity index (χ1v) is 6.39. The summed E-state index contributed by atoms with van der Waals surface area (Å²) in [6, 6.07) is 7.12. The molecular formula is C14H14N4O2. The second-order valence-corrected chi connectivity index (χ2v) is 4.96. The largest absolute Gasteiger partial charge is 0.272 e. The molecule has 0 saturated carbocycles. The van der Waals surface area contributed by atoms with Crippen molar-refractivity contribution in [2.75, 3.05) is 10.0 Å². The maximum Gasteiger partial charge on any atom is 0.253 e. The van der Waals surface area contributed by atoms with Crippen LogP contribution in [0.3, 0.4) is 0 Å². The van der Waals surface area contributed by atoms with Crippen LogP contribution in [0.15, 0.2) is 34.5 Å². The van der Waals surface area contributed by atoms with Crippen LogP contribution >= 0.6 is 0 Å². The summed E-state index contributed by atoms with van der Waals surface area (Å²) in [6.07, 6.45) is 0.675. The zero-order valence-corrected chi connectivity index (χ0v) is 11.3. The summed E-state index contributed by atoms with van der Waals surface area (Å²) in [5.41, 5.74) is 2.87. The number of amides is 2. The lowest BCUT2D eigenvalue weighted by Crippen LogP contribution is -2.22. The maximum absolute atomic E-state index is 11.8. The monoisotopic (exact) mass is 270 g/mol. The van der Waals surface area contributed by atoms with Crippen molar-refractivity contribution in [1.29, 1.82) is 0 Å². The molecule has 2 aliphatic rings. The molecule has 2 aliphatic heterocycles. The number of carbonyl (C=O) groups excluding carboxylic acids is 2. The van der Waals surface area contributed by atoms with Crippen LogP contribution in [0.1, 0.15) is 26.7 Å². The highest BCUT2D eigenvalue weighted by Crippen LogP contribution is 2.27. The topological polar surface area (TPSA) is 65.3 Å². The van der Waals surface area contributed by atoms with Crippen LogP contribution in [0.5, 0.6) is 0 Å². The smallest absolute Gasteiger partial charge is 0.253 e. The summed E-state index contributed by atoms with van der Waals surface area (Å²) < 4.78 is 0. The van der Waals surface area contributed by atoms with Crippen molar-refractivity contribution in [3.63, 3.8) is 0 Å². The minimum atomic E-state index is -0.0629. The molecule has 0 bridgehead atoms. The van der Waals surface area contributed by atoms with Crippen molar-refractivity contribution in [3.05, 3.63) is 24.3 Å². The van der Waals surface area contributed by atoms with E-state index in [1.165, 1.54) is 10.0 Å². The van der Waals surface area contributed by atoms with E-state index in [1.54, 1.807) is 24.3 Å². The summed E-state index contributed by atoms with van der Waals surface area (Å²) in [7, 11) is 0. The molecule has 102 valence electrons. The van der Waals surface area contributed by atoms with Crippen molar-refractivity contribution < 1.29 is 9.59 Å². The molecule has 3 rings (SSSR count). The van der Waals surface area contributed by atoms with Gasteiger partial charge >= 0.3 is 0 Å². The number of carbonyl (C=O) groups is 2. The third-order valence-corrected chi connectivity index (χ3v) is 3.15. The Bertz CT molecular complexity index is 610. The van der Waals surface area contributed by atoms with E-state index >= 15 is 0 Å². The molecule has 2 heterocycles. The Balaban J connectivity index is 1.95. The average molecular weight is 270 g/mol. The molecule has 6 nitrogen and oxygen atoms in total. The highest BCUT2D eigenvalue weighted by molar-refractivity contribution is 6.13. The molecule has 20 heavy (non-hydrogen) atoms. The molecule has 0 saturated heterocycles. The van der Waals surface area contributed by atoms with E-state index in [4.69, 9.17) is 0 Å². The van der Waals surface area contributed by atoms with Gasteiger partial charge in [-0.05, 0) is 32.0 Å². The SMILES string of the molecule is CC1=NN(c2cccc(N3N=C(C)CC3=O)c2)C(=O)C1. The first-order valence-electron chi connectivity index (χ1n) is 6.39. The van der Waals surface area contributed by atoms with E-state index < -0.39 is 0 Å². The molecule has 0 aliphatic carbocycles. The molecule has 0 radical (unpaired) electrons. The summed E-state index contributed by atoms with van der Waals surface area (Å²) in [5, 5.41) is 11.1. The molecule has 0 spiro atoms. The highest BCUT2D eigenvalue weighted by atomic mass is 16.2. The molecule has 1 aromatic carbocycles. The van der Waals surface area contributed by atoms with Gasteiger partial charge in [0.15, 0.2) is 0 Å². The molecule has 0 fully saturated rings. The van der Waals surface area contributed by atoms with E-state index in [2.05, 4.69) is 10.2 Å². The number of nitrogens with zero attached hydrogens (tertiary/aromatic N) is 4.